The Kier molecular flexibility index (Phi) is 6.82. The maximum absolute atomic E-state index is 14.4. The lowest BCUT2D eigenvalue weighted by Gasteiger charge is -2.43. The van der Waals surface area contributed by atoms with Crippen LogP contribution in [0.25, 0.3) is 5.57 Å². The van der Waals surface area contributed by atoms with Gasteiger partial charge in [0.2, 0.25) is 11.8 Å². The largest absolute Gasteiger partial charge is 0.355 e. The van der Waals surface area contributed by atoms with E-state index in [1.807, 2.05) is 22.9 Å². The number of nitrogens with zero attached hydrogens (tertiary/aromatic N) is 1. The molecule has 2 amide bonds. The fraction of sp³-hybridized carbons (Fsp3) is 0.417. The molecular formula is C24H27FN4O2S2. The Morgan fingerprint density at radius 1 is 1.18 bits per heavy atom. The number of likely N-dealkylation sites (tertiary alicyclic amines) is 1. The van der Waals surface area contributed by atoms with Gasteiger partial charge in [-0.05, 0) is 47.8 Å². The van der Waals surface area contributed by atoms with Gasteiger partial charge in [-0.15, -0.1) is 23.1 Å². The van der Waals surface area contributed by atoms with Gasteiger partial charge in [-0.25, -0.2) is 4.39 Å². The number of carbonyl (C=O) groups excluding carboxylic acids is 2. The maximum atomic E-state index is 14.4. The van der Waals surface area contributed by atoms with E-state index in [0.29, 0.717) is 25.2 Å². The van der Waals surface area contributed by atoms with Gasteiger partial charge in [-0.3, -0.25) is 19.8 Å². The summed E-state index contributed by atoms with van der Waals surface area (Å²) in [7, 11) is 0. The molecule has 9 heteroatoms. The quantitative estimate of drug-likeness (QED) is 0.586. The summed E-state index contributed by atoms with van der Waals surface area (Å²) in [5.74, 6) is -0.207. The molecule has 2 fully saturated rings. The lowest BCUT2D eigenvalue weighted by atomic mass is 9.94. The van der Waals surface area contributed by atoms with Gasteiger partial charge in [-0.1, -0.05) is 24.3 Å². The van der Waals surface area contributed by atoms with E-state index in [0.717, 1.165) is 24.8 Å². The third-order valence-corrected chi connectivity index (χ3v) is 8.66. The molecule has 6 nitrogen and oxygen atoms in total. The summed E-state index contributed by atoms with van der Waals surface area (Å²) in [6, 6.07) is 10.6. The molecule has 3 atom stereocenters. The average Bonchev–Trinajstić information content (AvgIpc) is 3.50. The van der Waals surface area contributed by atoms with Crippen molar-refractivity contribution in [3.05, 3.63) is 63.4 Å². The highest BCUT2D eigenvalue weighted by Gasteiger charge is 2.44. The topological polar surface area (TPSA) is 73.5 Å². The lowest BCUT2D eigenvalue weighted by molar-refractivity contribution is -0.129. The van der Waals surface area contributed by atoms with Gasteiger partial charge in [0.25, 0.3) is 0 Å². The number of nitrogens with one attached hydrogen (secondary N) is 3. The Bertz CT molecular complexity index is 1040. The molecule has 0 saturated carbocycles. The Labute approximate surface area is 201 Å². The second kappa shape index (κ2) is 9.97. The standard InChI is InChI=1S/C24H27FN4O2S2/c25-19-6-2-1-5-17(19)18-14-33-21-20(18)27-24(28-23(21)31)29-11-8-15(9-12-29)22(30)26-10-7-16-4-3-13-32-16/h1-6,13-15,20-21,24,27H,7-12H2,(H,26,30)(H,28,31). The first kappa shape index (κ1) is 22.6. The van der Waals surface area contributed by atoms with Crippen molar-refractivity contribution in [2.75, 3.05) is 19.6 Å². The Morgan fingerprint density at radius 3 is 2.76 bits per heavy atom. The zero-order valence-corrected chi connectivity index (χ0v) is 19.8. The second-order valence-electron chi connectivity index (χ2n) is 8.60. The molecule has 5 rings (SSSR count). The fourth-order valence-electron chi connectivity index (χ4n) is 4.73. The number of halogens is 1. The molecule has 3 N–H and O–H groups in total. The van der Waals surface area contributed by atoms with Crippen molar-refractivity contribution >= 4 is 40.5 Å². The smallest absolute Gasteiger partial charge is 0.237 e. The highest BCUT2D eigenvalue weighted by molar-refractivity contribution is 8.04. The van der Waals surface area contributed by atoms with E-state index in [1.165, 1.54) is 22.7 Å². The number of thiophene rings is 1. The third kappa shape index (κ3) is 4.87. The number of thioether (sulfide) groups is 1. The van der Waals surface area contributed by atoms with Crippen molar-refractivity contribution in [1.29, 1.82) is 0 Å². The van der Waals surface area contributed by atoms with Crippen LogP contribution < -0.4 is 16.0 Å². The van der Waals surface area contributed by atoms with Crippen molar-refractivity contribution in [3.63, 3.8) is 0 Å². The molecule has 2 saturated heterocycles. The molecule has 174 valence electrons. The Hall–Kier alpha value is -2.20. The average molecular weight is 487 g/mol. The van der Waals surface area contributed by atoms with Gasteiger partial charge < -0.3 is 10.6 Å². The van der Waals surface area contributed by atoms with E-state index in [1.54, 1.807) is 23.5 Å². The highest BCUT2D eigenvalue weighted by Crippen LogP contribution is 2.39. The summed E-state index contributed by atoms with van der Waals surface area (Å²) in [5.41, 5.74) is 1.36. The van der Waals surface area contributed by atoms with Crippen LogP contribution in [-0.2, 0) is 16.0 Å². The first-order valence-corrected chi connectivity index (χ1v) is 13.1. The van der Waals surface area contributed by atoms with E-state index in [2.05, 4.69) is 26.9 Å². The summed E-state index contributed by atoms with van der Waals surface area (Å²) >= 11 is 3.14. The van der Waals surface area contributed by atoms with Gasteiger partial charge in [0.15, 0.2) is 0 Å². The molecule has 3 aliphatic heterocycles. The lowest BCUT2D eigenvalue weighted by Crippen LogP contribution is -2.68. The van der Waals surface area contributed by atoms with Gasteiger partial charge >= 0.3 is 0 Å². The number of carbonyl (C=O) groups is 2. The molecule has 4 heterocycles. The second-order valence-corrected chi connectivity index (χ2v) is 10.6. The highest BCUT2D eigenvalue weighted by atomic mass is 32.2. The number of rotatable bonds is 6. The SMILES string of the molecule is O=C(NCCc1cccs1)C1CCN(C2NC(=O)C3SC=C(c4ccccc4F)C3N2)CC1. The van der Waals surface area contributed by atoms with E-state index in [4.69, 9.17) is 0 Å². The predicted molar refractivity (Wildman–Crippen MR) is 130 cm³/mol. The van der Waals surface area contributed by atoms with Crippen LogP contribution in [-0.4, -0.2) is 53.9 Å². The Balaban J connectivity index is 1.16. The van der Waals surface area contributed by atoms with E-state index in [-0.39, 0.29) is 41.1 Å². The van der Waals surface area contributed by atoms with Crippen molar-refractivity contribution in [2.45, 2.75) is 36.8 Å². The minimum absolute atomic E-state index is 0.00691. The third-order valence-electron chi connectivity index (χ3n) is 6.56. The zero-order chi connectivity index (χ0) is 22.8. The van der Waals surface area contributed by atoms with E-state index >= 15 is 0 Å². The van der Waals surface area contributed by atoms with Crippen LogP contribution in [0.5, 0.6) is 0 Å². The summed E-state index contributed by atoms with van der Waals surface area (Å²) in [5, 5.41) is 13.3. The molecule has 0 bridgehead atoms. The minimum Gasteiger partial charge on any atom is -0.355 e. The molecule has 3 aliphatic rings. The fourth-order valence-corrected chi connectivity index (χ4v) is 6.58. The first-order valence-electron chi connectivity index (χ1n) is 11.3. The summed E-state index contributed by atoms with van der Waals surface area (Å²) in [6.07, 6.45) is 2.03. The molecular weight excluding hydrogens is 459 g/mol. The minimum atomic E-state index is -0.324. The zero-order valence-electron chi connectivity index (χ0n) is 18.1. The van der Waals surface area contributed by atoms with Gasteiger partial charge in [-0.2, -0.15) is 0 Å². The number of benzene rings is 1. The van der Waals surface area contributed by atoms with Crippen LogP contribution in [0, 0.1) is 11.7 Å². The molecule has 0 radical (unpaired) electrons. The first-order chi connectivity index (χ1) is 16.1. The number of hydrogen-bond acceptors (Lipinski definition) is 6. The van der Waals surface area contributed by atoms with Crippen LogP contribution in [0.15, 0.2) is 47.2 Å². The summed E-state index contributed by atoms with van der Waals surface area (Å²) in [6.45, 7) is 2.08. The molecule has 33 heavy (non-hydrogen) atoms. The van der Waals surface area contributed by atoms with E-state index in [9.17, 15) is 14.0 Å². The van der Waals surface area contributed by atoms with Gasteiger partial charge in [0.1, 0.15) is 17.4 Å². The van der Waals surface area contributed by atoms with Crippen molar-refractivity contribution in [3.8, 4) is 0 Å². The maximum Gasteiger partial charge on any atom is 0.237 e. The predicted octanol–water partition coefficient (Wildman–Crippen LogP) is 2.79. The molecule has 0 spiro atoms. The van der Waals surface area contributed by atoms with Crippen LogP contribution in [0.2, 0.25) is 0 Å². The summed E-state index contributed by atoms with van der Waals surface area (Å²) < 4.78 is 14.4. The molecule has 1 aromatic carbocycles. The number of fused-ring (bicyclic) bond motifs is 1. The number of piperidine rings is 1. The van der Waals surface area contributed by atoms with E-state index < -0.39 is 0 Å². The molecule has 2 aromatic rings. The number of hydrogen-bond donors (Lipinski definition) is 3. The van der Waals surface area contributed by atoms with Gasteiger partial charge in [0, 0.05) is 36.0 Å². The van der Waals surface area contributed by atoms with Crippen LogP contribution in [0.4, 0.5) is 4.39 Å². The van der Waals surface area contributed by atoms with Crippen molar-refractivity contribution in [2.24, 2.45) is 5.92 Å². The Morgan fingerprint density at radius 2 is 2.00 bits per heavy atom. The molecule has 1 aromatic heterocycles. The van der Waals surface area contributed by atoms with Crippen molar-refractivity contribution < 1.29 is 14.0 Å². The molecule has 3 unspecified atom stereocenters. The monoisotopic (exact) mass is 486 g/mol. The molecule has 0 aliphatic carbocycles. The summed E-state index contributed by atoms with van der Waals surface area (Å²) in [4.78, 5) is 28.8. The van der Waals surface area contributed by atoms with Crippen molar-refractivity contribution in [1.82, 2.24) is 20.9 Å². The van der Waals surface area contributed by atoms with Gasteiger partial charge in [0.05, 0.1) is 6.04 Å². The normalized spacial score (nSPS) is 25.9. The van der Waals surface area contributed by atoms with Crippen LogP contribution >= 0.6 is 23.1 Å². The van der Waals surface area contributed by atoms with Crippen LogP contribution in [0.3, 0.4) is 0 Å². The van der Waals surface area contributed by atoms with Crippen LogP contribution in [0.1, 0.15) is 23.3 Å². The number of amides is 2.